The summed E-state index contributed by atoms with van der Waals surface area (Å²) in [4.78, 5) is 1.57. The van der Waals surface area contributed by atoms with Gasteiger partial charge in [-0.3, -0.25) is 0 Å². The molecule has 1 aliphatic heterocycles. The smallest absolute Gasteiger partial charge is 0.137 e. The van der Waals surface area contributed by atoms with Crippen LogP contribution in [0.15, 0.2) is 42.5 Å². The van der Waals surface area contributed by atoms with E-state index in [0.717, 1.165) is 32.0 Å². The lowest BCUT2D eigenvalue weighted by molar-refractivity contribution is -0.915. The predicted octanol–water partition coefficient (Wildman–Crippen LogP) is 1.91. The lowest BCUT2D eigenvalue weighted by Crippen LogP contribution is -3.16. The van der Waals surface area contributed by atoms with E-state index in [0.29, 0.717) is 12.2 Å². The predicted molar refractivity (Wildman–Crippen MR) is 85.0 cm³/mol. The van der Waals surface area contributed by atoms with Crippen LogP contribution in [0, 0.1) is 0 Å². The van der Waals surface area contributed by atoms with Gasteiger partial charge in [-0.25, -0.2) is 0 Å². The highest BCUT2D eigenvalue weighted by Crippen LogP contribution is 2.20. The minimum Gasteiger partial charge on any atom is -0.488 e. The summed E-state index contributed by atoms with van der Waals surface area (Å²) in [6.45, 7) is 8.24. The van der Waals surface area contributed by atoms with Gasteiger partial charge in [0.1, 0.15) is 44.2 Å². The molecule has 1 heterocycles. The Morgan fingerprint density at radius 2 is 1.76 bits per heavy atom. The average Bonchev–Trinajstić information content (AvgIpc) is 2.46. The maximum atomic E-state index is 5.93. The fourth-order valence-corrected chi connectivity index (χ4v) is 3.16. The Balaban J connectivity index is 1.54. The molecule has 1 aliphatic rings. The molecule has 3 atom stereocenters. The molecule has 0 spiro atoms. The SMILES string of the molecule is C[C@@H]1C[NH+](CCOc2ccc3ccccc3c2)C[C@H](C)O1. The third-order valence-corrected chi connectivity index (χ3v) is 4.06. The number of morpholine rings is 1. The van der Waals surface area contributed by atoms with Crippen molar-refractivity contribution in [2.45, 2.75) is 26.1 Å². The number of hydrogen-bond acceptors (Lipinski definition) is 2. The van der Waals surface area contributed by atoms with Gasteiger partial charge in [-0.1, -0.05) is 30.3 Å². The minimum absolute atomic E-state index is 0.351. The van der Waals surface area contributed by atoms with Crippen LogP contribution < -0.4 is 9.64 Å². The molecule has 1 unspecified atom stereocenters. The van der Waals surface area contributed by atoms with E-state index >= 15 is 0 Å². The van der Waals surface area contributed by atoms with Crippen LogP contribution in [0.1, 0.15) is 13.8 Å². The zero-order valence-electron chi connectivity index (χ0n) is 12.8. The first-order chi connectivity index (χ1) is 10.2. The molecule has 0 aliphatic carbocycles. The van der Waals surface area contributed by atoms with E-state index in [9.17, 15) is 0 Å². The van der Waals surface area contributed by atoms with E-state index in [-0.39, 0.29) is 0 Å². The molecule has 1 N–H and O–H groups in total. The molecule has 2 aromatic carbocycles. The fraction of sp³-hybridized carbons (Fsp3) is 0.444. The number of benzene rings is 2. The summed E-state index contributed by atoms with van der Waals surface area (Å²) in [7, 11) is 0. The highest BCUT2D eigenvalue weighted by Gasteiger charge is 2.25. The number of rotatable bonds is 4. The third kappa shape index (κ3) is 3.74. The van der Waals surface area contributed by atoms with Crippen molar-refractivity contribution in [2.75, 3.05) is 26.2 Å². The van der Waals surface area contributed by atoms with Crippen LogP contribution in [0.2, 0.25) is 0 Å². The molecule has 0 bridgehead atoms. The Hall–Kier alpha value is -1.58. The first-order valence-electron chi connectivity index (χ1n) is 7.81. The number of quaternary nitrogens is 1. The molecule has 1 saturated heterocycles. The summed E-state index contributed by atoms with van der Waals surface area (Å²) in [5.74, 6) is 0.961. The fourth-order valence-electron chi connectivity index (χ4n) is 3.16. The van der Waals surface area contributed by atoms with E-state index in [4.69, 9.17) is 9.47 Å². The zero-order chi connectivity index (χ0) is 14.7. The average molecular weight is 286 g/mol. The summed E-state index contributed by atoms with van der Waals surface area (Å²) in [5.41, 5.74) is 0. The topological polar surface area (TPSA) is 22.9 Å². The molecular weight excluding hydrogens is 262 g/mol. The van der Waals surface area contributed by atoms with E-state index in [1.54, 1.807) is 4.90 Å². The van der Waals surface area contributed by atoms with Crippen molar-refractivity contribution in [1.29, 1.82) is 0 Å². The molecule has 0 aromatic heterocycles. The molecule has 3 rings (SSSR count). The summed E-state index contributed by atoms with van der Waals surface area (Å²) in [6.07, 6.45) is 0.703. The van der Waals surface area contributed by atoms with Crippen LogP contribution in [-0.4, -0.2) is 38.4 Å². The van der Waals surface area contributed by atoms with Crippen LogP contribution in [0.3, 0.4) is 0 Å². The van der Waals surface area contributed by atoms with E-state index in [1.165, 1.54) is 10.8 Å². The Kier molecular flexibility index (Phi) is 4.42. The van der Waals surface area contributed by atoms with Gasteiger partial charge in [0.15, 0.2) is 0 Å². The van der Waals surface area contributed by atoms with Crippen LogP contribution in [0.4, 0.5) is 0 Å². The van der Waals surface area contributed by atoms with Crippen LogP contribution >= 0.6 is 0 Å². The highest BCUT2D eigenvalue weighted by atomic mass is 16.5. The first kappa shape index (κ1) is 14.4. The van der Waals surface area contributed by atoms with Gasteiger partial charge < -0.3 is 14.4 Å². The molecule has 2 aromatic rings. The Morgan fingerprint density at radius 1 is 1.05 bits per heavy atom. The molecule has 3 heteroatoms. The normalized spacial score (nSPS) is 25.9. The third-order valence-electron chi connectivity index (χ3n) is 4.06. The van der Waals surface area contributed by atoms with Crippen molar-refractivity contribution in [2.24, 2.45) is 0 Å². The summed E-state index contributed by atoms with van der Waals surface area (Å²) in [5, 5.41) is 2.49. The number of nitrogens with one attached hydrogen (secondary N) is 1. The van der Waals surface area contributed by atoms with Crippen LogP contribution in [0.25, 0.3) is 10.8 Å². The summed E-state index contributed by atoms with van der Waals surface area (Å²) < 4.78 is 11.7. The standard InChI is InChI=1S/C18H23NO2/c1-14-12-19(13-15(2)21-14)9-10-20-18-8-7-16-5-3-4-6-17(16)11-18/h3-8,11,14-15H,9-10,12-13H2,1-2H3/p+1/t14-,15+. The Bertz CT molecular complexity index is 589. The second-order valence-corrected chi connectivity index (χ2v) is 6.02. The van der Waals surface area contributed by atoms with Gasteiger partial charge in [-0.2, -0.15) is 0 Å². The molecule has 0 radical (unpaired) electrons. The molecule has 1 fully saturated rings. The lowest BCUT2D eigenvalue weighted by atomic mass is 10.1. The van der Waals surface area contributed by atoms with Crippen molar-refractivity contribution >= 4 is 10.8 Å². The van der Waals surface area contributed by atoms with Crippen LogP contribution in [-0.2, 0) is 4.74 Å². The maximum Gasteiger partial charge on any atom is 0.137 e. The maximum absolute atomic E-state index is 5.93. The second kappa shape index (κ2) is 6.46. The van der Waals surface area contributed by atoms with Crippen LogP contribution in [0.5, 0.6) is 5.75 Å². The molecular formula is C18H24NO2+. The highest BCUT2D eigenvalue weighted by molar-refractivity contribution is 5.83. The lowest BCUT2D eigenvalue weighted by Gasteiger charge is -2.32. The minimum atomic E-state index is 0.351. The number of fused-ring (bicyclic) bond motifs is 1. The Morgan fingerprint density at radius 3 is 2.52 bits per heavy atom. The number of ether oxygens (including phenoxy) is 2. The Labute approximate surface area is 126 Å². The van der Waals surface area contributed by atoms with E-state index in [2.05, 4.69) is 56.3 Å². The van der Waals surface area contributed by atoms with Gasteiger partial charge in [-0.15, -0.1) is 0 Å². The molecule has 21 heavy (non-hydrogen) atoms. The molecule has 0 saturated carbocycles. The van der Waals surface area contributed by atoms with Gasteiger partial charge in [-0.05, 0) is 36.8 Å². The molecule has 0 amide bonds. The summed E-state index contributed by atoms with van der Waals surface area (Å²) >= 11 is 0. The van der Waals surface area contributed by atoms with Gasteiger partial charge >= 0.3 is 0 Å². The quantitative estimate of drug-likeness (QED) is 0.928. The van der Waals surface area contributed by atoms with E-state index in [1.807, 2.05) is 0 Å². The van der Waals surface area contributed by atoms with Crippen molar-refractivity contribution < 1.29 is 14.4 Å². The van der Waals surface area contributed by atoms with Gasteiger partial charge in [0.2, 0.25) is 0 Å². The molecule has 3 nitrogen and oxygen atoms in total. The second-order valence-electron chi connectivity index (χ2n) is 6.02. The van der Waals surface area contributed by atoms with Crippen molar-refractivity contribution in [3.05, 3.63) is 42.5 Å². The van der Waals surface area contributed by atoms with Crippen molar-refractivity contribution in [3.8, 4) is 5.75 Å². The molecule has 112 valence electrons. The van der Waals surface area contributed by atoms with Crippen molar-refractivity contribution in [3.63, 3.8) is 0 Å². The monoisotopic (exact) mass is 286 g/mol. The van der Waals surface area contributed by atoms with Gasteiger partial charge in [0.25, 0.3) is 0 Å². The largest absolute Gasteiger partial charge is 0.488 e. The van der Waals surface area contributed by atoms with Crippen molar-refractivity contribution in [1.82, 2.24) is 0 Å². The van der Waals surface area contributed by atoms with Gasteiger partial charge in [0.05, 0.1) is 0 Å². The van der Waals surface area contributed by atoms with E-state index < -0.39 is 0 Å². The summed E-state index contributed by atoms with van der Waals surface area (Å²) in [6, 6.07) is 14.7. The zero-order valence-corrected chi connectivity index (χ0v) is 12.8. The van der Waals surface area contributed by atoms with Gasteiger partial charge in [0, 0.05) is 0 Å². The first-order valence-corrected chi connectivity index (χ1v) is 7.81. The number of hydrogen-bond donors (Lipinski definition) is 1.